The lowest BCUT2D eigenvalue weighted by atomic mass is 10.2. The summed E-state index contributed by atoms with van der Waals surface area (Å²) in [4.78, 5) is 8.84. The minimum atomic E-state index is 0.466. The fraction of sp³-hybridized carbons (Fsp3) is 0.273. The van der Waals surface area contributed by atoms with Crippen LogP contribution in [0.15, 0.2) is 33.9 Å². The van der Waals surface area contributed by atoms with Crippen molar-refractivity contribution in [1.82, 2.24) is 20.2 Å². The minimum Gasteiger partial charge on any atom is -0.493 e. The van der Waals surface area contributed by atoms with Crippen LogP contribution in [-0.4, -0.2) is 62.8 Å². The van der Waals surface area contributed by atoms with Crippen LogP contribution in [0.3, 0.4) is 0 Å². The van der Waals surface area contributed by atoms with E-state index in [0.29, 0.717) is 54.4 Å². The second-order valence-corrected chi connectivity index (χ2v) is 8.82. The first-order valence-corrected chi connectivity index (χ1v) is 11.5. The van der Waals surface area contributed by atoms with Crippen molar-refractivity contribution in [3.8, 4) is 45.1 Å². The van der Waals surface area contributed by atoms with Gasteiger partial charge >= 0.3 is 0 Å². The molecule has 0 spiro atoms. The van der Waals surface area contributed by atoms with E-state index in [1.54, 1.807) is 42.7 Å². The molecule has 0 unspecified atom stereocenters. The van der Waals surface area contributed by atoms with E-state index in [1.165, 1.54) is 29.4 Å². The van der Waals surface area contributed by atoms with Crippen molar-refractivity contribution in [3.05, 3.63) is 24.5 Å². The summed E-state index contributed by atoms with van der Waals surface area (Å²) in [6.07, 6.45) is 1.47. The summed E-state index contributed by atoms with van der Waals surface area (Å²) in [5, 5.41) is 10.8. The van der Waals surface area contributed by atoms with Crippen LogP contribution in [0, 0.1) is 0 Å². The van der Waals surface area contributed by atoms with E-state index in [4.69, 9.17) is 28.4 Å². The number of nitrogens with zero attached hydrogens (tertiary/aromatic N) is 4. The first kappa shape index (κ1) is 23.6. The van der Waals surface area contributed by atoms with Crippen LogP contribution in [0.5, 0.6) is 34.5 Å². The smallest absolute Gasteiger partial charge is 0.205 e. The molecular weight excluding hydrogens is 480 g/mol. The monoisotopic (exact) mass is 502 g/mol. The number of methoxy groups -OCH3 is 6. The standard InChI is InChI=1S/C22H22N4O6S2/c1-27-13-7-11(8-14(28-2)17(13)30-4)20-25-26-22(33-20)34-21-12-9-15(29-3)18(31-5)19(32-6)16(12)23-10-24-21/h7-10H,1-6H3. The summed E-state index contributed by atoms with van der Waals surface area (Å²) >= 11 is 2.78. The Kier molecular flexibility index (Phi) is 7.08. The van der Waals surface area contributed by atoms with E-state index in [0.717, 1.165) is 10.9 Å². The zero-order valence-corrected chi connectivity index (χ0v) is 21.0. The maximum atomic E-state index is 5.56. The first-order chi connectivity index (χ1) is 16.6. The van der Waals surface area contributed by atoms with E-state index in [-0.39, 0.29) is 0 Å². The SMILES string of the molecule is COc1cc(-c2nnc(Sc3ncnc4c(OC)c(OC)c(OC)cc34)s2)cc(OC)c1OC. The molecule has 2 heterocycles. The summed E-state index contributed by atoms with van der Waals surface area (Å²) < 4.78 is 33.5. The third kappa shape index (κ3) is 4.21. The quantitative estimate of drug-likeness (QED) is 0.305. The van der Waals surface area contributed by atoms with Crippen molar-refractivity contribution >= 4 is 34.0 Å². The van der Waals surface area contributed by atoms with E-state index < -0.39 is 0 Å². The molecule has 4 rings (SSSR count). The van der Waals surface area contributed by atoms with Gasteiger partial charge in [-0.05, 0) is 30.0 Å². The number of benzene rings is 2. The van der Waals surface area contributed by atoms with Gasteiger partial charge < -0.3 is 28.4 Å². The zero-order valence-electron chi connectivity index (χ0n) is 19.4. The van der Waals surface area contributed by atoms with Gasteiger partial charge in [-0.1, -0.05) is 11.3 Å². The first-order valence-electron chi connectivity index (χ1n) is 9.83. The molecule has 12 heteroatoms. The molecule has 34 heavy (non-hydrogen) atoms. The maximum Gasteiger partial charge on any atom is 0.205 e. The lowest BCUT2D eigenvalue weighted by Crippen LogP contribution is -1.98. The maximum absolute atomic E-state index is 5.56. The Bertz CT molecular complexity index is 1310. The summed E-state index contributed by atoms with van der Waals surface area (Å²) in [5.41, 5.74) is 1.39. The van der Waals surface area contributed by atoms with Crippen LogP contribution in [0.1, 0.15) is 0 Å². The van der Waals surface area contributed by atoms with Crippen molar-refractivity contribution < 1.29 is 28.4 Å². The summed E-state index contributed by atoms with van der Waals surface area (Å²) in [6, 6.07) is 5.48. The molecule has 0 fully saturated rings. The average Bonchev–Trinajstić information content (AvgIpc) is 3.35. The third-order valence-electron chi connectivity index (χ3n) is 4.90. The number of rotatable bonds is 9. The lowest BCUT2D eigenvalue weighted by Gasteiger charge is -2.14. The third-order valence-corrected chi connectivity index (χ3v) is 6.94. The number of fused-ring (bicyclic) bond motifs is 1. The van der Waals surface area contributed by atoms with Gasteiger partial charge in [-0.15, -0.1) is 10.2 Å². The lowest BCUT2D eigenvalue weighted by molar-refractivity contribution is 0.324. The zero-order chi connectivity index (χ0) is 24.2. The average molecular weight is 503 g/mol. The highest BCUT2D eigenvalue weighted by molar-refractivity contribution is 8.01. The van der Waals surface area contributed by atoms with Gasteiger partial charge in [-0.3, -0.25) is 0 Å². The Labute approximate surface area is 204 Å². The second-order valence-electron chi connectivity index (χ2n) is 6.61. The number of aromatic nitrogens is 4. The van der Waals surface area contributed by atoms with E-state index in [9.17, 15) is 0 Å². The molecule has 0 atom stereocenters. The highest BCUT2D eigenvalue weighted by atomic mass is 32.2. The number of hydrogen-bond acceptors (Lipinski definition) is 12. The molecule has 178 valence electrons. The van der Waals surface area contributed by atoms with Gasteiger partial charge in [0.25, 0.3) is 0 Å². The number of hydrogen-bond donors (Lipinski definition) is 0. The number of ether oxygens (including phenoxy) is 6. The summed E-state index contributed by atoms with van der Waals surface area (Å²) in [7, 11) is 9.37. The highest BCUT2D eigenvalue weighted by Gasteiger charge is 2.21. The van der Waals surface area contributed by atoms with Crippen LogP contribution >= 0.6 is 23.1 Å². The van der Waals surface area contributed by atoms with Crippen LogP contribution in [0.4, 0.5) is 0 Å². The van der Waals surface area contributed by atoms with Crippen molar-refractivity contribution in [3.63, 3.8) is 0 Å². The molecule has 0 aliphatic heterocycles. The molecule has 10 nitrogen and oxygen atoms in total. The van der Waals surface area contributed by atoms with Crippen molar-refractivity contribution in [2.75, 3.05) is 42.7 Å². The Balaban J connectivity index is 1.74. The fourth-order valence-electron chi connectivity index (χ4n) is 3.38. The molecule has 0 saturated heterocycles. The Morgan fingerprint density at radius 1 is 0.676 bits per heavy atom. The van der Waals surface area contributed by atoms with Crippen molar-refractivity contribution in [2.24, 2.45) is 0 Å². The molecule has 0 aliphatic rings. The van der Waals surface area contributed by atoms with Crippen LogP contribution in [0.2, 0.25) is 0 Å². The van der Waals surface area contributed by atoms with E-state index >= 15 is 0 Å². The van der Waals surface area contributed by atoms with E-state index in [1.807, 2.05) is 18.2 Å². The van der Waals surface area contributed by atoms with Crippen LogP contribution in [0.25, 0.3) is 21.5 Å². The Hall–Kier alpha value is -3.51. The van der Waals surface area contributed by atoms with Gasteiger partial charge in [0.1, 0.15) is 21.9 Å². The normalized spacial score (nSPS) is 10.8. The van der Waals surface area contributed by atoms with Crippen molar-refractivity contribution in [1.29, 1.82) is 0 Å². The van der Waals surface area contributed by atoms with Crippen LogP contribution in [-0.2, 0) is 0 Å². The minimum absolute atomic E-state index is 0.466. The van der Waals surface area contributed by atoms with Crippen molar-refractivity contribution in [2.45, 2.75) is 9.37 Å². The van der Waals surface area contributed by atoms with Gasteiger partial charge in [0, 0.05) is 10.9 Å². The molecule has 0 amide bonds. The Morgan fingerprint density at radius 2 is 1.29 bits per heavy atom. The molecule has 2 aromatic carbocycles. The van der Waals surface area contributed by atoms with E-state index in [2.05, 4.69) is 20.2 Å². The predicted octanol–water partition coefficient (Wildman–Crippen LogP) is 4.35. The molecule has 0 radical (unpaired) electrons. The topological polar surface area (TPSA) is 107 Å². The fourth-order valence-corrected chi connectivity index (χ4v) is 5.19. The molecular formula is C22H22N4O6S2. The molecule has 4 aromatic rings. The highest BCUT2D eigenvalue weighted by Crippen LogP contribution is 2.46. The molecule has 0 bridgehead atoms. The summed E-state index contributed by atoms with van der Waals surface area (Å²) in [6.45, 7) is 0. The van der Waals surface area contributed by atoms with Gasteiger partial charge in [-0.25, -0.2) is 9.97 Å². The van der Waals surface area contributed by atoms with Gasteiger partial charge in [0.05, 0.1) is 42.7 Å². The molecule has 0 aliphatic carbocycles. The summed E-state index contributed by atoms with van der Waals surface area (Å²) in [5.74, 6) is 3.04. The van der Waals surface area contributed by atoms with Gasteiger partial charge in [0.15, 0.2) is 27.3 Å². The Morgan fingerprint density at radius 3 is 1.88 bits per heavy atom. The second kappa shape index (κ2) is 10.2. The van der Waals surface area contributed by atoms with Gasteiger partial charge in [-0.2, -0.15) is 0 Å². The molecule has 0 N–H and O–H groups in total. The van der Waals surface area contributed by atoms with Gasteiger partial charge in [0.2, 0.25) is 11.5 Å². The molecule has 2 aromatic heterocycles. The predicted molar refractivity (Wildman–Crippen MR) is 128 cm³/mol. The molecule has 0 saturated carbocycles. The largest absolute Gasteiger partial charge is 0.493 e. The van der Waals surface area contributed by atoms with Crippen LogP contribution < -0.4 is 28.4 Å².